The molecule has 5 heteroatoms. The maximum Gasteiger partial charge on any atom is 0.123 e. The molecule has 25 heavy (non-hydrogen) atoms. The summed E-state index contributed by atoms with van der Waals surface area (Å²) in [4.78, 5) is 2.25. The summed E-state index contributed by atoms with van der Waals surface area (Å²) in [6, 6.07) is 12.7. The van der Waals surface area contributed by atoms with Crippen molar-refractivity contribution in [2.45, 2.75) is 31.9 Å². The molecule has 0 fully saturated rings. The van der Waals surface area contributed by atoms with Crippen LogP contribution in [-0.4, -0.2) is 31.3 Å². The Balaban J connectivity index is 0.00000225. The zero-order valence-corrected chi connectivity index (χ0v) is 15.5. The lowest BCUT2D eigenvalue weighted by Gasteiger charge is -2.35. The monoisotopic (exact) mass is 364 g/mol. The molecule has 3 nitrogen and oxygen atoms in total. The first-order valence-electron chi connectivity index (χ1n) is 8.55. The zero-order chi connectivity index (χ0) is 17.1. The molecule has 2 aromatic carbocycles. The van der Waals surface area contributed by atoms with E-state index in [1.165, 1.54) is 22.9 Å². The van der Waals surface area contributed by atoms with Crippen molar-refractivity contribution in [3.63, 3.8) is 0 Å². The van der Waals surface area contributed by atoms with E-state index in [-0.39, 0.29) is 24.3 Å². The van der Waals surface area contributed by atoms with Gasteiger partial charge < -0.3 is 15.3 Å². The third-order valence-electron chi connectivity index (χ3n) is 4.81. The number of fused-ring (bicyclic) bond motifs is 1. The lowest BCUT2D eigenvalue weighted by atomic mass is 9.96. The van der Waals surface area contributed by atoms with Crippen LogP contribution in [0.15, 0.2) is 42.5 Å². The van der Waals surface area contributed by atoms with Crippen molar-refractivity contribution in [1.29, 1.82) is 0 Å². The smallest absolute Gasteiger partial charge is 0.123 e. The maximum atomic E-state index is 13.8. The van der Waals surface area contributed by atoms with Crippen molar-refractivity contribution >= 4 is 18.1 Å². The molecule has 2 aromatic rings. The number of nitrogens with zero attached hydrogens (tertiary/aromatic N) is 1. The van der Waals surface area contributed by atoms with E-state index in [9.17, 15) is 9.50 Å². The molecule has 2 atom stereocenters. The van der Waals surface area contributed by atoms with E-state index < -0.39 is 6.10 Å². The molecule has 0 radical (unpaired) electrons. The summed E-state index contributed by atoms with van der Waals surface area (Å²) < 4.78 is 13.8. The fourth-order valence-corrected chi connectivity index (χ4v) is 3.71. The number of rotatable bonds is 6. The van der Waals surface area contributed by atoms with Gasteiger partial charge in [0.2, 0.25) is 0 Å². The van der Waals surface area contributed by atoms with Gasteiger partial charge in [-0.3, -0.25) is 0 Å². The molecular formula is C20H26ClFN2O. The molecule has 0 amide bonds. The number of hydrogen-bond acceptors (Lipinski definition) is 3. The molecule has 0 saturated heterocycles. The summed E-state index contributed by atoms with van der Waals surface area (Å²) >= 11 is 0. The molecule has 1 aliphatic heterocycles. The van der Waals surface area contributed by atoms with Gasteiger partial charge in [0.05, 0.1) is 12.1 Å². The van der Waals surface area contributed by atoms with Gasteiger partial charge in [-0.15, -0.1) is 12.4 Å². The standard InChI is InChI=1S/C20H25FN2O.ClH/c1-14-5-3-6-15-10-12-23(19(14)15)20(18(24)9-11-22-2)16-7-4-8-17(21)13-16;/h3-8,13,18,20,22,24H,9-12H2,1-2H3;1H/t18-,20-;/m1./s1. The Morgan fingerprint density at radius 3 is 2.72 bits per heavy atom. The average molecular weight is 365 g/mol. The number of aliphatic hydroxyl groups is 1. The van der Waals surface area contributed by atoms with Crippen molar-refractivity contribution in [1.82, 2.24) is 5.32 Å². The summed E-state index contributed by atoms with van der Waals surface area (Å²) in [6.07, 6.45) is 1.02. The van der Waals surface area contributed by atoms with Gasteiger partial charge in [-0.2, -0.15) is 0 Å². The first-order chi connectivity index (χ1) is 11.6. The van der Waals surface area contributed by atoms with E-state index in [1.807, 2.05) is 13.1 Å². The highest BCUT2D eigenvalue weighted by atomic mass is 35.5. The first-order valence-corrected chi connectivity index (χ1v) is 8.55. The highest BCUT2D eigenvalue weighted by Gasteiger charge is 2.33. The molecule has 136 valence electrons. The van der Waals surface area contributed by atoms with E-state index >= 15 is 0 Å². The predicted molar refractivity (Wildman–Crippen MR) is 103 cm³/mol. The van der Waals surface area contributed by atoms with E-state index in [4.69, 9.17) is 0 Å². The molecule has 0 saturated carbocycles. The summed E-state index contributed by atoms with van der Waals surface area (Å²) in [7, 11) is 1.87. The predicted octanol–water partition coefficient (Wildman–Crippen LogP) is 3.63. The Labute approximate surface area is 155 Å². The Kier molecular flexibility index (Phi) is 6.82. The Hall–Kier alpha value is -1.62. The van der Waals surface area contributed by atoms with Crippen molar-refractivity contribution in [2.24, 2.45) is 0 Å². The minimum absolute atomic E-state index is 0. The first kappa shape index (κ1) is 19.7. The SMILES string of the molecule is CNCC[C@@H](O)[C@@H](c1cccc(F)c1)N1CCc2cccc(C)c21.Cl. The molecule has 2 N–H and O–H groups in total. The lowest BCUT2D eigenvalue weighted by molar-refractivity contribution is 0.132. The highest BCUT2D eigenvalue weighted by molar-refractivity contribution is 5.85. The van der Waals surface area contributed by atoms with Crippen LogP contribution < -0.4 is 10.2 Å². The largest absolute Gasteiger partial charge is 0.391 e. The van der Waals surface area contributed by atoms with Crippen LogP contribution in [0.4, 0.5) is 10.1 Å². The summed E-state index contributed by atoms with van der Waals surface area (Å²) in [6.45, 7) is 3.67. The molecule has 1 aliphatic rings. The second kappa shape index (κ2) is 8.65. The molecular weight excluding hydrogens is 339 g/mol. The Morgan fingerprint density at radius 1 is 1.24 bits per heavy atom. The summed E-state index contributed by atoms with van der Waals surface area (Å²) in [5.41, 5.74) is 4.52. The molecule has 0 unspecified atom stereocenters. The normalized spacial score (nSPS) is 15.4. The number of anilines is 1. The van der Waals surface area contributed by atoms with Gasteiger partial charge >= 0.3 is 0 Å². The number of halogens is 2. The van der Waals surface area contributed by atoms with Crippen LogP contribution in [0.3, 0.4) is 0 Å². The van der Waals surface area contributed by atoms with Gasteiger partial charge in [-0.05, 0) is 62.2 Å². The van der Waals surface area contributed by atoms with Gasteiger partial charge in [-0.25, -0.2) is 4.39 Å². The van der Waals surface area contributed by atoms with Gasteiger partial charge in [0, 0.05) is 12.2 Å². The molecule has 0 spiro atoms. The molecule has 3 rings (SSSR count). The van der Waals surface area contributed by atoms with Crippen LogP contribution in [0.1, 0.15) is 29.2 Å². The minimum atomic E-state index is -0.565. The van der Waals surface area contributed by atoms with E-state index in [0.717, 1.165) is 25.1 Å². The van der Waals surface area contributed by atoms with Crippen LogP contribution in [0.25, 0.3) is 0 Å². The Morgan fingerprint density at radius 2 is 2.00 bits per heavy atom. The van der Waals surface area contributed by atoms with Crippen LogP contribution in [-0.2, 0) is 6.42 Å². The molecule has 0 aromatic heterocycles. The second-order valence-electron chi connectivity index (χ2n) is 6.49. The third-order valence-corrected chi connectivity index (χ3v) is 4.81. The molecule has 0 aliphatic carbocycles. The Bertz CT molecular complexity index is 710. The van der Waals surface area contributed by atoms with Crippen molar-refractivity contribution in [2.75, 3.05) is 25.0 Å². The van der Waals surface area contributed by atoms with Crippen LogP contribution >= 0.6 is 12.4 Å². The average Bonchev–Trinajstić information content (AvgIpc) is 2.98. The van der Waals surface area contributed by atoms with Gasteiger partial charge in [-0.1, -0.05) is 30.3 Å². The lowest BCUT2D eigenvalue weighted by Crippen LogP contribution is -2.37. The number of aryl methyl sites for hydroxylation is 1. The zero-order valence-electron chi connectivity index (χ0n) is 14.7. The fourth-order valence-electron chi connectivity index (χ4n) is 3.71. The number of aliphatic hydroxyl groups excluding tert-OH is 1. The van der Waals surface area contributed by atoms with Gasteiger partial charge in [0.15, 0.2) is 0 Å². The third kappa shape index (κ3) is 4.14. The van der Waals surface area contributed by atoms with Crippen molar-refractivity contribution in [3.8, 4) is 0 Å². The quantitative estimate of drug-likeness (QED) is 0.821. The van der Waals surface area contributed by atoms with Crippen LogP contribution in [0.2, 0.25) is 0 Å². The van der Waals surface area contributed by atoms with Gasteiger partial charge in [0.25, 0.3) is 0 Å². The molecule has 1 heterocycles. The van der Waals surface area contributed by atoms with Crippen molar-refractivity contribution in [3.05, 3.63) is 65.0 Å². The number of hydrogen-bond donors (Lipinski definition) is 2. The number of para-hydroxylation sites is 1. The summed E-state index contributed by atoms with van der Waals surface area (Å²) in [5, 5.41) is 13.9. The minimum Gasteiger partial charge on any atom is -0.391 e. The summed E-state index contributed by atoms with van der Waals surface area (Å²) in [5.74, 6) is -0.262. The van der Waals surface area contributed by atoms with Crippen LogP contribution in [0.5, 0.6) is 0 Å². The molecule has 0 bridgehead atoms. The second-order valence-corrected chi connectivity index (χ2v) is 6.49. The maximum absolute atomic E-state index is 13.8. The number of benzene rings is 2. The van der Waals surface area contributed by atoms with E-state index in [1.54, 1.807) is 12.1 Å². The fraction of sp³-hybridized carbons (Fsp3) is 0.400. The van der Waals surface area contributed by atoms with E-state index in [0.29, 0.717) is 6.42 Å². The topological polar surface area (TPSA) is 35.5 Å². The van der Waals surface area contributed by atoms with Gasteiger partial charge in [0.1, 0.15) is 5.82 Å². The van der Waals surface area contributed by atoms with Crippen molar-refractivity contribution < 1.29 is 9.50 Å². The number of nitrogens with one attached hydrogen (secondary N) is 1. The van der Waals surface area contributed by atoms with Crippen LogP contribution in [0, 0.1) is 12.7 Å². The highest BCUT2D eigenvalue weighted by Crippen LogP contribution is 2.39. The van der Waals surface area contributed by atoms with E-state index in [2.05, 4.69) is 35.3 Å².